The van der Waals surface area contributed by atoms with Crippen LogP contribution in [0.5, 0.6) is 5.75 Å². The van der Waals surface area contributed by atoms with Gasteiger partial charge in [-0.2, -0.15) is 0 Å². The van der Waals surface area contributed by atoms with Crippen LogP contribution in [0.25, 0.3) is 10.9 Å². The van der Waals surface area contributed by atoms with E-state index in [0.29, 0.717) is 11.4 Å². The highest BCUT2D eigenvalue weighted by molar-refractivity contribution is 7.13. The molecule has 0 saturated carbocycles. The number of aryl methyl sites for hydroxylation is 2. The minimum Gasteiger partial charge on any atom is -0.497 e. The van der Waals surface area contributed by atoms with Crippen LogP contribution >= 0.6 is 11.3 Å². The Balaban J connectivity index is 1.65. The van der Waals surface area contributed by atoms with Crippen molar-refractivity contribution in [3.05, 3.63) is 46.0 Å². The summed E-state index contributed by atoms with van der Waals surface area (Å²) in [7, 11) is 1.66. The van der Waals surface area contributed by atoms with Crippen molar-refractivity contribution in [2.45, 2.75) is 20.4 Å². The van der Waals surface area contributed by atoms with Crippen LogP contribution in [0.15, 0.2) is 30.5 Å². The Morgan fingerprint density at radius 2 is 2.17 bits per heavy atom. The highest BCUT2D eigenvalue weighted by Crippen LogP contribution is 2.21. The van der Waals surface area contributed by atoms with Gasteiger partial charge in [0, 0.05) is 30.2 Å². The smallest absolute Gasteiger partial charge is 0.263 e. The summed E-state index contributed by atoms with van der Waals surface area (Å²) in [6, 6.07) is 8.04. The summed E-state index contributed by atoms with van der Waals surface area (Å²) in [6.45, 7) is 5.07. The molecule has 0 atom stereocenters. The van der Waals surface area contributed by atoms with Crippen LogP contribution in [-0.4, -0.2) is 29.1 Å². The number of hydrogen-bond acceptors (Lipinski definition) is 4. The molecule has 23 heavy (non-hydrogen) atoms. The Morgan fingerprint density at radius 3 is 2.87 bits per heavy atom. The molecular weight excluding hydrogens is 310 g/mol. The number of thiazole rings is 1. The minimum absolute atomic E-state index is 0.0498. The standard InChI is InChI=1S/C17H19N3O2S/c1-11-16(23-12(2)19-11)17(21)18-7-9-20-8-6-13-10-14(22-3)4-5-15(13)20/h4-6,8,10H,7,9H2,1-3H3,(H,18,21). The first kappa shape index (κ1) is 15.6. The van der Waals surface area contributed by atoms with Crippen LogP contribution < -0.4 is 10.1 Å². The predicted molar refractivity (Wildman–Crippen MR) is 92.4 cm³/mol. The molecular formula is C17H19N3O2S. The van der Waals surface area contributed by atoms with Gasteiger partial charge in [-0.3, -0.25) is 4.79 Å². The third-order valence-electron chi connectivity index (χ3n) is 3.73. The molecule has 0 bridgehead atoms. The molecule has 3 aromatic rings. The number of benzene rings is 1. The number of carbonyl (C=O) groups is 1. The molecule has 5 nitrogen and oxygen atoms in total. The van der Waals surface area contributed by atoms with Crippen molar-refractivity contribution >= 4 is 28.1 Å². The van der Waals surface area contributed by atoms with Crippen LogP contribution in [0.2, 0.25) is 0 Å². The lowest BCUT2D eigenvalue weighted by molar-refractivity contribution is 0.0955. The van der Waals surface area contributed by atoms with Crippen LogP contribution in [0.1, 0.15) is 20.4 Å². The Morgan fingerprint density at radius 1 is 1.35 bits per heavy atom. The second-order valence-electron chi connectivity index (χ2n) is 5.34. The van der Waals surface area contributed by atoms with E-state index in [1.165, 1.54) is 11.3 Å². The fourth-order valence-corrected chi connectivity index (χ4v) is 3.45. The number of nitrogens with one attached hydrogen (secondary N) is 1. The highest BCUT2D eigenvalue weighted by atomic mass is 32.1. The summed E-state index contributed by atoms with van der Waals surface area (Å²) in [6.07, 6.45) is 2.03. The molecule has 2 heterocycles. The van der Waals surface area contributed by atoms with E-state index < -0.39 is 0 Å². The number of methoxy groups -OCH3 is 1. The second kappa shape index (κ2) is 6.42. The van der Waals surface area contributed by atoms with Gasteiger partial charge in [0.05, 0.1) is 17.8 Å². The van der Waals surface area contributed by atoms with Crippen LogP contribution in [0, 0.1) is 13.8 Å². The molecule has 6 heteroatoms. The molecule has 3 rings (SSSR count). The van der Waals surface area contributed by atoms with Crippen molar-refractivity contribution in [2.24, 2.45) is 0 Å². The number of amides is 1. The summed E-state index contributed by atoms with van der Waals surface area (Å²) in [5, 5.41) is 5.01. The van der Waals surface area contributed by atoms with Gasteiger partial charge in [0.25, 0.3) is 5.91 Å². The minimum atomic E-state index is -0.0498. The highest BCUT2D eigenvalue weighted by Gasteiger charge is 2.13. The molecule has 1 aromatic carbocycles. The Kier molecular flexibility index (Phi) is 4.34. The van der Waals surface area contributed by atoms with Gasteiger partial charge in [0.2, 0.25) is 0 Å². The first-order valence-corrected chi connectivity index (χ1v) is 8.25. The largest absolute Gasteiger partial charge is 0.497 e. The average molecular weight is 329 g/mol. The predicted octanol–water partition coefficient (Wildman–Crippen LogP) is 3.15. The van der Waals surface area contributed by atoms with E-state index >= 15 is 0 Å². The molecule has 1 N–H and O–H groups in total. The van der Waals surface area contributed by atoms with E-state index in [4.69, 9.17) is 4.74 Å². The molecule has 120 valence electrons. The monoisotopic (exact) mass is 329 g/mol. The van der Waals surface area contributed by atoms with E-state index in [1.54, 1.807) is 7.11 Å². The van der Waals surface area contributed by atoms with Gasteiger partial charge in [-0.15, -0.1) is 11.3 Å². The zero-order valence-corrected chi connectivity index (χ0v) is 14.2. The molecule has 1 amide bonds. The summed E-state index contributed by atoms with van der Waals surface area (Å²) in [5.41, 5.74) is 1.92. The summed E-state index contributed by atoms with van der Waals surface area (Å²) < 4.78 is 7.36. The lowest BCUT2D eigenvalue weighted by atomic mass is 10.2. The maximum atomic E-state index is 12.2. The fourth-order valence-electron chi connectivity index (χ4n) is 2.61. The zero-order valence-electron chi connectivity index (χ0n) is 13.4. The van der Waals surface area contributed by atoms with Crippen LogP contribution in [0.4, 0.5) is 0 Å². The van der Waals surface area contributed by atoms with Crippen molar-refractivity contribution < 1.29 is 9.53 Å². The average Bonchev–Trinajstić information content (AvgIpc) is 3.09. The molecule has 0 spiro atoms. The first-order chi connectivity index (χ1) is 11.1. The van der Waals surface area contributed by atoms with Gasteiger partial charge < -0.3 is 14.6 Å². The molecule has 0 fully saturated rings. The molecule has 2 aromatic heterocycles. The van der Waals surface area contributed by atoms with Gasteiger partial charge in [0.1, 0.15) is 10.6 Å². The van der Waals surface area contributed by atoms with Gasteiger partial charge in [0.15, 0.2) is 0 Å². The van der Waals surface area contributed by atoms with Crippen LogP contribution in [-0.2, 0) is 6.54 Å². The van der Waals surface area contributed by atoms with Crippen molar-refractivity contribution in [1.29, 1.82) is 0 Å². The topological polar surface area (TPSA) is 56.1 Å². The first-order valence-electron chi connectivity index (χ1n) is 7.43. The van der Waals surface area contributed by atoms with E-state index in [-0.39, 0.29) is 5.91 Å². The van der Waals surface area contributed by atoms with Crippen LogP contribution in [0.3, 0.4) is 0 Å². The van der Waals surface area contributed by atoms with Crippen molar-refractivity contribution in [2.75, 3.05) is 13.7 Å². The van der Waals surface area contributed by atoms with Gasteiger partial charge in [-0.1, -0.05) is 0 Å². The zero-order chi connectivity index (χ0) is 16.4. The lowest BCUT2D eigenvalue weighted by Crippen LogP contribution is -2.26. The molecule has 0 aliphatic heterocycles. The molecule has 0 radical (unpaired) electrons. The van der Waals surface area contributed by atoms with E-state index in [9.17, 15) is 4.79 Å². The molecule has 0 aliphatic rings. The number of fused-ring (bicyclic) bond motifs is 1. The second-order valence-corrected chi connectivity index (χ2v) is 6.54. The number of aromatic nitrogens is 2. The van der Waals surface area contributed by atoms with Gasteiger partial charge in [-0.25, -0.2) is 4.98 Å². The van der Waals surface area contributed by atoms with E-state index in [2.05, 4.69) is 20.9 Å². The Bertz CT molecular complexity index is 851. The number of ether oxygens (including phenoxy) is 1. The third-order valence-corrected chi connectivity index (χ3v) is 4.80. The van der Waals surface area contributed by atoms with Gasteiger partial charge >= 0.3 is 0 Å². The fraction of sp³-hybridized carbons (Fsp3) is 0.294. The number of nitrogens with zero attached hydrogens (tertiary/aromatic N) is 2. The van der Waals surface area contributed by atoms with Gasteiger partial charge in [-0.05, 0) is 38.1 Å². The maximum absolute atomic E-state index is 12.2. The summed E-state index contributed by atoms with van der Waals surface area (Å²) in [4.78, 5) is 17.2. The third kappa shape index (κ3) is 3.22. The summed E-state index contributed by atoms with van der Waals surface area (Å²) >= 11 is 1.43. The van der Waals surface area contributed by atoms with Crippen molar-refractivity contribution in [3.63, 3.8) is 0 Å². The van der Waals surface area contributed by atoms with E-state index in [1.807, 2.05) is 38.2 Å². The quantitative estimate of drug-likeness (QED) is 0.782. The summed E-state index contributed by atoms with van der Waals surface area (Å²) in [5.74, 6) is 0.797. The number of hydrogen-bond donors (Lipinski definition) is 1. The van der Waals surface area contributed by atoms with Crippen molar-refractivity contribution in [3.8, 4) is 5.75 Å². The molecule has 0 unspecified atom stereocenters. The van der Waals surface area contributed by atoms with E-state index in [0.717, 1.165) is 33.9 Å². The Labute approximate surface area is 138 Å². The number of carbonyl (C=O) groups excluding carboxylic acids is 1. The van der Waals surface area contributed by atoms with Crippen molar-refractivity contribution in [1.82, 2.24) is 14.9 Å². The number of rotatable bonds is 5. The normalized spacial score (nSPS) is 10.9. The molecule has 0 saturated heterocycles. The molecule has 0 aliphatic carbocycles. The lowest BCUT2D eigenvalue weighted by Gasteiger charge is -2.07. The maximum Gasteiger partial charge on any atom is 0.263 e. The SMILES string of the molecule is COc1ccc2c(ccn2CCNC(=O)c2sc(C)nc2C)c1. The Hall–Kier alpha value is -2.34.